The topological polar surface area (TPSA) is 60.4 Å². The lowest BCUT2D eigenvalue weighted by Crippen LogP contribution is -2.24. The van der Waals surface area contributed by atoms with E-state index < -0.39 is 0 Å². The molecule has 1 amide bonds. The minimum absolute atomic E-state index is 0.117. The highest BCUT2D eigenvalue weighted by molar-refractivity contribution is 6.05. The standard InChI is InChI=1S/C21H24N2O4/c1-5-27-20-9-7-6-8-17(20)19-13-18(22-23(19)14(2)24)16-11-10-15(25-3)12-21(16)26-4/h6-12,19H,5,13H2,1-4H3/t19-/m0/s1. The van der Waals surface area contributed by atoms with Gasteiger partial charge in [-0.25, -0.2) is 5.01 Å². The van der Waals surface area contributed by atoms with Crippen LogP contribution in [0.25, 0.3) is 0 Å². The summed E-state index contributed by atoms with van der Waals surface area (Å²) in [6, 6.07) is 13.1. The molecule has 0 fully saturated rings. The first-order valence-corrected chi connectivity index (χ1v) is 8.90. The van der Waals surface area contributed by atoms with Crippen LogP contribution >= 0.6 is 0 Å². The maximum Gasteiger partial charge on any atom is 0.240 e. The van der Waals surface area contributed by atoms with E-state index in [2.05, 4.69) is 5.10 Å². The summed E-state index contributed by atoms with van der Waals surface area (Å²) in [5.74, 6) is 2.02. The van der Waals surface area contributed by atoms with Crippen molar-refractivity contribution in [2.24, 2.45) is 5.10 Å². The highest BCUT2D eigenvalue weighted by Gasteiger charge is 2.34. The van der Waals surface area contributed by atoms with Crippen molar-refractivity contribution in [3.8, 4) is 17.2 Å². The number of ether oxygens (including phenoxy) is 3. The second-order valence-electron chi connectivity index (χ2n) is 6.17. The number of methoxy groups -OCH3 is 2. The molecule has 2 aromatic rings. The van der Waals surface area contributed by atoms with Gasteiger partial charge in [-0.05, 0) is 25.1 Å². The van der Waals surface area contributed by atoms with Gasteiger partial charge in [0.1, 0.15) is 17.2 Å². The van der Waals surface area contributed by atoms with Crippen molar-refractivity contribution >= 4 is 11.6 Å². The van der Waals surface area contributed by atoms with E-state index in [1.165, 1.54) is 11.9 Å². The molecule has 27 heavy (non-hydrogen) atoms. The highest BCUT2D eigenvalue weighted by atomic mass is 16.5. The molecule has 6 heteroatoms. The van der Waals surface area contributed by atoms with Crippen molar-refractivity contribution in [1.82, 2.24) is 5.01 Å². The minimum Gasteiger partial charge on any atom is -0.497 e. The van der Waals surface area contributed by atoms with Crippen LogP contribution in [0.5, 0.6) is 17.2 Å². The molecule has 0 spiro atoms. The number of carbonyl (C=O) groups is 1. The van der Waals surface area contributed by atoms with Crippen molar-refractivity contribution in [2.75, 3.05) is 20.8 Å². The number of amides is 1. The lowest BCUT2D eigenvalue weighted by atomic mass is 9.97. The Morgan fingerprint density at radius 2 is 1.93 bits per heavy atom. The Hall–Kier alpha value is -3.02. The molecule has 0 bridgehead atoms. The second kappa shape index (κ2) is 8.12. The number of carbonyl (C=O) groups excluding carboxylic acids is 1. The van der Waals surface area contributed by atoms with Crippen LogP contribution in [0.2, 0.25) is 0 Å². The maximum atomic E-state index is 12.3. The van der Waals surface area contributed by atoms with Crippen LogP contribution in [0.15, 0.2) is 47.6 Å². The van der Waals surface area contributed by atoms with Gasteiger partial charge in [0.2, 0.25) is 5.91 Å². The molecule has 0 saturated heterocycles. The minimum atomic E-state index is -0.216. The van der Waals surface area contributed by atoms with Gasteiger partial charge in [-0.3, -0.25) is 4.79 Å². The molecule has 2 aromatic carbocycles. The summed E-state index contributed by atoms with van der Waals surface area (Å²) in [5, 5.41) is 6.13. The molecule has 3 rings (SSSR count). The largest absolute Gasteiger partial charge is 0.497 e. The lowest BCUT2D eigenvalue weighted by Gasteiger charge is -2.22. The van der Waals surface area contributed by atoms with Gasteiger partial charge in [0.05, 0.1) is 32.6 Å². The third-order valence-corrected chi connectivity index (χ3v) is 4.53. The first kappa shape index (κ1) is 18.8. The van der Waals surface area contributed by atoms with Gasteiger partial charge in [-0.2, -0.15) is 5.10 Å². The van der Waals surface area contributed by atoms with E-state index in [1.54, 1.807) is 14.2 Å². The van der Waals surface area contributed by atoms with Gasteiger partial charge in [0, 0.05) is 30.5 Å². The third-order valence-electron chi connectivity index (χ3n) is 4.53. The summed E-state index contributed by atoms with van der Waals surface area (Å²) in [7, 11) is 3.22. The second-order valence-corrected chi connectivity index (χ2v) is 6.17. The predicted molar refractivity (Wildman–Crippen MR) is 104 cm³/mol. The molecule has 0 aliphatic carbocycles. The van der Waals surface area contributed by atoms with Crippen LogP contribution in [-0.2, 0) is 4.79 Å². The quantitative estimate of drug-likeness (QED) is 0.778. The van der Waals surface area contributed by atoms with Crippen LogP contribution in [0, 0.1) is 0 Å². The number of benzene rings is 2. The maximum absolute atomic E-state index is 12.3. The average molecular weight is 368 g/mol. The van der Waals surface area contributed by atoms with E-state index in [4.69, 9.17) is 14.2 Å². The number of hydrogen-bond donors (Lipinski definition) is 0. The molecular formula is C21H24N2O4. The normalized spacial score (nSPS) is 16.1. The summed E-state index contributed by atoms with van der Waals surface area (Å²) in [4.78, 5) is 12.3. The first-order valence-electron chi connectivity index (χ1n) is 8.90. The molecule has 1 heterocycles. The number of para-hydroxylation sites is 1. The van der Waals surface area contributed by atoms with Crippen molar-refractivity contribution in [1.29, 1.82) is 0 Å². The SMILES string of the molecule is CCOc1ccccc1[C@@H]1CC(c2ccc(OC)cc2OC)=NN1C(C)=O. The summed E-state index contributed by atoms with van der Waals surface area (Å²) in [6.07, 6.45) is 0.576. The van der Waals surface area contributed by atoms with Crippen molar-refractivity contribution < 1.29 is 19.0 Å². The molecule has 0 N–H and O–H groups in total. The predicted octanol–water partition coefficient (Wildman–Crippen LogP) is 3.80. The van der Waals surface area contributed by atoms with Gasteiger partial charge in [0.15, 0.2) is 0 Å². The van der Waals surface area contributed by atoms with Crippen LogP contribution < -0.4 is 14.2 Å². The van der Waals surface area contributed by atoms with Gasteiger partial charge in [-0.15, -0.1) is 0 Å². The van der Waals surface area contributed by atoms with Gasteiger partial charge in [-0.1, -0.05) is 18.2 Å². The molecule has 0 radical (unpaired) electrons. The monoisotopic (exact) mass is 368 g/mol. The fraction of sp³-hybridized carbons (Fsp3) is 0.333. The number of nitrogens with zero attached hydrogens (tertiary/aromatic N) is 2. The summed E-state index contributed by atoms with van der Waals surface area (Å²) in [5.41, 5.74) is 2.59. The van der Waals surface area contributed by atoms with E-state index >= 15 is 0 Å². The lowest BCUT2D eigenvalue weighted by molar-refractivity contribution is -0.130. The zero-order valence-electron chi connectivity index (χ0n) is 16.1. The van der Waals surface area contributed by atoms with Gasteiger partial charge < -0.3 is 14.2 Å². The third kappa shape index (κ3) is 3.74. The van der Waals surface area contributed by atoms with Crippen LogP contribution in [-0.4, -0.2) is 37.5 Å². The molecule has 142 valence electrons. The van der Waals surface area contributed by atoms with Crippen LogP contribution in [0.3, 0.4) is 0 Å². The molecule has 6 nitrogen and oxygen atoms in total. The summed E-state index contributed by atoms with van der Waals surface area (Å²) in [6.45, 7) is 4.02. The summed E-state index contributed by atoms with van der Waals surface area (Å²) >= 11 is 0. The molecule has 1 atom stereocenters. The summed E-state index contributed by atoms with van der Waals surface area (Å²) < 4.78 is 16.5. The molecule has 1 aliphatic rings. The Morgan fingerprint density at radius 3 is 2.59 bits per heavy atom. The van der Waals surface area contributed by atoms with Crippen molar-refractivity contribution in [2.45, 2.75) is 26.3 Å². The Bertz CT molecular complexity index is 863. The molecule has 0 aromatic heterocycles. The number of hydrogen-bond acceptors (Lipinski definition) is 5. The Labute approximate surface area is 159 Å². The average Bonchev–Trinajstić information content (AvgIpc) is 3.13. The Morgan fingerprint density at radius 1 is 1.15 bits per heavy atom. The van der Waals surface area contributed by atoms with Gasteiger partial charge >= 0.3 is 0 Å². The van der Waals surface area contributed by atoms with E-state index in [1.807, 2.05) is 49.4 Å². The highest BCUT2D eigenvalue weighted by Crippen LogP contribution is 2.39. The zero-order chi connectivity index (χ0) is 19.4. The number of hydrazone groups is 1. The van der Waals surface area contributed by atoms with Crippen LogP contribution in [0.1, 0.15) is 37.4 Å². The smallest absolute Gasteiger partial charge is 0.240 e. The number of rotatable bonds is 6. The molecule has 0 saturated carbocycles. The van der Waals surface area contributed by atoms with Crippen LogP contribution in [0.4, 0.5) is 0 Å². The Balaban J connectivity index is 2.00. The van der Waals surface area contributed by atoms with E-state index in [-0.39, 0.29) is 11.9 Å². The van der Waals surface area contributed by atoms with Gasteiger partial charge in [0.25, 0.3) is 0 Å². The van der Waals surface area contributed by atoms with Crippen molar-refractivity contribution in [3.63, 3.8) is 0 Å². The van der Waals surface area contributed by atoms with E-state index in [0.29, 0.717) is 24.5 Å². The van der Waals surface area contributed by atoms with E-state index in [9.17, 15) is 4.79 Å². The first-order chi connectivity index (χ1) is 13.1. The molecular weight excluding hydrogens is 344 g/mol. The molecule has 1 aliphatic heterocycles. The fourth-order valence-electron chi connectivity index (χ4n) is 3.29. The van der Waals surface area contributed by atoms with Crippen molar-refractivity contribution in [3.05, 3.63) is 53.6 Å². The van der Waals surface area contributed by atoms with E-state index in [0.717, 1.165) is 22.6 Å². The zero-order valence-corrected chi connectivity index (χ0v) is 16.1. The fourth-order valence-corrected chi connectivity index (χ4v) is 3.29. The molecule has 0 unspecified atom stereocenters. The Kier molecular flexibility index (Phi) is 5.64.